The summed E-state index contributed by atoms with van der Waals surface area (Å²) in [6.07, 6.45) is 2.96. The maximum absolute atomic E-state index is 12.2. The smallest absolute Gasteiger partial charge is 0.274 e. The minimum absolute atomic E-state index is 0.0393. The van der Waals surface area contributed by atoms with Crippen LogP contribution in [0.2, 0.25) is 0 Å². The van der Waals surface area contributed by atoms with Gasteiger partial charge >= 0.3 is 0 Å². The number of rotatable bonds is 3. The molecule has 3 aromatic rings. The molecule has 4 heterocycles. The number of aromatic nitrogens is 3. The number of aryl methyl sites for hydroxylation is 1. The van der Waals surface area contributed by atoms with Gasteiger partial charge < -0.3 is 19.1 Å². The molecule has 1 fully saturated rings. The molecular weight excluding hydrogens is 428 g/mol. The molecule has 0 N–H and O–H groups in total. The lowest BCUT2D eigenvalue weighted by Crippen LogP contribution is -2.65. The van der Waals surface area contributed by atoms with Gasteiger partial charge in [0.15, 0.2) is 23.0 Å². The Kier molecular flexibility index (Phi) is 5.37. The first-order chi connectivity index (χ1) is 16.0. The number of anilines is 1. The van der Waals surface area contributed by atoms with Crippen molar-refractivity contribution in [2.45, 2.75) is 49.6 Å². The van der Waals surface area contributed by atoms with Crippen molar-refractivity contribution >= 4 is 42.9 Å². The van der Waals surface area contributed by atoms with Gasteiger partial charge in [0.05, 0.1) is 0 Å². The SMILES string of the molecule is [B]C1([B])Oc2ccc(O[C@H]3CCN(c4nn5c(=O)ccnc5cc4C)[C@H](C)C3)cc2OC1([B])[B]. The highest BCUT2D eigenvalue weighted by atomic mass is 16.6. The van der Waals surface area contributed by atoms with Crippen LogP contribution in [0, 0.1) is 6.92 Å². The van der Waals surface area contributed by atoms with Gasteiger partial charge in [0.2, 0.25) is 0 Å². The molecule has 1 saturated heterocycles. The largest absolute Gasteiger partial charge is 0.501 e. The molecule has 0 unspecified atom stereocenters. The number of hydrogen-bond donors (Lipinski definition) is 0. The van der Waals surface area contributed by atoms with Crippen molar-refractivity contribution in [2.24, 2.45) is 0 Å². The summed E-state index contributed by atoms with van der Waals surface area (Å²) < 4.78 is 18.6. The zero-order chi connectivity index (χ0) is 24.3. The van der Waals surface area contributed by atoms with Crippen LogP contribution in [0.3, 0.4) is 0 Å². The summed E-state index contributed by atoms with van der Waals surface area (Å²) in [7, 11) is 23.3. The van der Waals surface area contributed by atoms with Gasteiger partial charge in [0, 0.05) is 54.6 Å². The second-order valence-corrected chi connectivity index (χ2v) is 8.91. The number of fused-ring (bicyclic) bond motifs is 2. The van der Waals surface area contributed by atoms with Gasteiger partial charge in [-0.1, -0.05) is 0 Å². The molecule has 8 nitrogen and oxygen atoms in total. The van der Waals surface area contributed by atoms with Crippen LogP contribution in [0.4, 0.5) is 5.82 Å². The highest BCUT2D eigenvalue weighted by Gasteiger charge is 2.43. The summed E-state index contributed by atoms with van der Waals surface area (Å²) in [5.41, 5.74) is 1.27. The molecule has 2 atom stereocenters. The molecule has 2 aliphatic heterocycles. The van der Waals surface area contributed by atoms with Crippen LogP contribution in [-0.4, -0.2) is 75.5 Å². The van der Waals surface area contributed by atoms with E-state index < -0.39 is 10.8 Å². The van der Waals surface area contributed by atoms with Crippen molar-refractivity contribution in [3.05, 3.63) is 52.4 Å². The lowest BCUT2D eigenvalue weighted by molar-refractivity contribution is 0.0608. The average Bonchev–Trinajstić information content (AvgIpc) is 2.75. The highest BCUT2D eigenvalue weighted by Crippen LogP contribution is 2.41. The van der Waals surface area contributed by atoms with Crippen LogP contribution in [0.15, 0.2) is 41.3 Å². The summed E-state index contributed by atoms with van der Waals surface area (Å²) >= 11 is 0. The molecule has 2 aromatic heterocycles. The van der Waals surface area contributed by atoms with Gasteiger partial charge in [0.1, 0.15) is 43.2 Å². The number of benzene rings is 1. The second kappa shape index (κ2) is 8.03. The van der Waals surface area contributed by atoms with Crippen LogP contribution < -0.4 is 24.7 Å². The van der Waals surface area contributed by atoms with Crippen molar-refractivity contribution < 1.29 is 14.2 Å². The Morgan fingerprint density at radius 2 is 1.82 bits per heavy atom. The molecule has 8 radical (unpaired) electrons. The molecule has 2 aliphatic rings. The van der Waals surface area contributed by atoms with E-state index in [0.29, 0.717) is 29.4 Å². The Hall–Kier alpha value is -3.03. The van der Waals surface area contributed by atoms with Gasteiger partial charge in [-0.05, 0) is 37.6 Å². The lowest BCUT2D eigenvalue weighted by atomic mass is 9.41. The molecule has 0 saturated carbocycles. The van der Waals surface area contributed by atoms with E-state index in [4.69, 9.17) is 45.6 Å². The maximum atomic E-state index is 12.2. The van der Waals surface area contributed by atoms with E-state index in [0.717, 1.165) is 24.2 Å². The van der Waals surface area contributed by atoms with E-state index in [2.05, 4.69) is 21.9 Å². The standard InChI is InChI=1S/C22H20B4N4O4/c1-12-9-18-27-7-5-19(31)30(18)28-20(12)29-8-6-15(10-13(29)2)32-14-3-4-16-17(11-14)34-22(25,26)21(23,24)33-16/h3-5,7,9,11,13,15H,6,8,10H2,1-2H3/t13-,15+/m1/s1. The Balaban J connectivity index is 1.31. The van der Waals surface area contributed by atoms with Crippen molar-refractivity contribution in [2.75, 3.05) is 11.4 Å². The molecule has 1 aromatic carbocycles. The first-order valence-corrected chi connectivity index (χ1v) is 11.0. The lowest BCUT2D eigenvalue weighted by Gasteiger charge is -2.48. The van der Waals surface area contributed by atoms with Crippen molar-refractivity contribution in [1.82, 2.24) is 14.6 Å². The Morgan fingerprint density at radius 1 is 1.09 bits per heavy atom. The Labute approximate surface area is 202 Å². The summed E-state index contributed by atoms with van der Waals surface area (Å²) in [6, 6.07) is 8.47. The molecule has 0 aliphatic carbocycles. The third-order valence-electron chi connectivity index (χ3n) is 6.23. The van der Waals surface area contributed by atoms with E-state index in [1.165, 1.54) is 16.8 Å². The number of ether oxygens (including phenoxy) is 3. The fourth-order valence-electron chi connectivity index (χ4n) is 4.32. The second-order valence-electron chi connectivity index (χ2n) is 8.91. The fraction of sp³-hybridized carbons (Fsp3) is 0.409. The van der Waals surface area contributed by atoms with Crippen molar-refractivity contribution in [3.8, 4) is 17.2 Å². The van der Waals surface area contributed by atoms with Crippen LogP contribution in [0.25, 0.3) is 5.65 Å². The Bertz CT molecular complexity index is 1320. The maximum Gasteiger partial charge on any atom is 0.274 e. The van der Waals surface area contributed by atoms with Crippen LogP contribution >= 0.6 is 0 Å². The molecular formula is C22H20B4N4O4. The van der Waals surface area contributed by atoms with Crippen LogP contribution in [0.1, 0.15) is 25.3 Å². The molecule has 5 rings (SSSR count). The monoisotopic (exact) mass is 448 g/mol. The predicted molar refractivity (Wildman–Crippen MR) is 131 cm³/mol. The van der Waals surface area contributed by atoms with Gasteiger partial charge in [-0.15, -0.1) is 5.10 Å². The van der Waals surface area contributed by atoms with Crippen LogP contribution in [0.5, 0.6) is 17.2 Å². The third kappa shape index (κ3) is 3.93. The molecule has 0 bridgehead atoms. The summed E-state index contributed by atoms with van der Waals surface area (Å²) in [5.74, 6) is 1.98. The number of piperidine rings is 1. The first kappa shape index (κ1) is 22.7. The summed E-state index contributed by atoms with van der Waals surface area (Å²) in [6.45, 7) is 4.79. The summed E-state index contributed by atoms with van der Waals surface area (Å²) in [4.78, 5) is 18.6. The Morgan fingerprint density at radius 3 is 2.56 bits per heavy atom. The molecule has 12 heteroatoms. The van der Waals surface area contributed by atoms with Crippen molar-refractivity contribution in [1.29, 1.82) is 0 Å². The van der Waals surface area contributed by atoms with Gasteiger partial charge in [-0.2, -0.15) is 4.52 Å². The normalized spacial score (nSPS) is 22.9. The fourth-order valence-corrected chi connectivity index (χ4v) is 4.32. The van der Waals surface area contributed by atoms with E-state index in [-0.39, 0.29) is 17.7 Å². The van der Waals surface area contributed by atoms with E-state index in [1.54, 1.807) is 18.2 Å². The average molecular weight is 448 g/mol. The van der Waals surface area contributed by atoms with Gasteiger partial charge in [0.25, 0.3) is 5.56 Å². The minimum atomic E-state index is -1.90. The molecule has 164 valence electrons. The third-order valence-corrected chi connectivity index (χ3v) is 6.23. The quantitative estimate of drug-likeness (QED) is 0.544. The summed E-state index contributed by atoms with van der Waals surface area (Å²) in [5, 5.41) is 0.807. The molecule has 34 heavy (non-hydrogen) atoms. The van der Waals surface area contributed by atoms with E-state index in [9.17, 15) is 4.79 Å². The van der Waals surface area contributed by atoms with Crippen LogP contribution in [-0.2, 0) is 0 Å². The zero-order valence-electron chi connectivity index (χ0n) is 19.0. The molecule has 0 amide bonds. The van der Waals surface area contributed by atoms with Gasteiger partial charge in [-0.3, -0.25) is 4.79 Å². The van der Waals surface area contributed by atoms with E-state index in [1.807, 2.05) is 13.0 Å². The zero-order valence-corrected chi connectivity index (χ0v) is 19.0. The van der Waals surface area contributed by atoms with Gasteiger partial charge in [-0.25, -0.2) is 4.98 Å². The van der Waals surface area contributed by atoms with Crippen molar-refractivity contribution in [3.63, 3.8) is 0 Å². The number of nitrogens with zero attached hydrogens (tertiary/aromatic N) is 4. The topological polar surface area (TPSA) is 78.2 Å². The van der Waals surface area contributed by atoms with E-state index >= 15 is 0 Å². The predicted octanol–water partition coefficient (Wildman–Crippen LogP) is 0.587. The first-order valence-electron chi connectivity index (χ1n) is 11.0. The number of hydrogen-bond acceptors (Lipinski definition) is 7. The highest BCUT2D eigenvalue weighted by molar-refractivity contribution is 6.53. The molecule has 0 spiro atoms. The minimum Gasteiger partial charge on any atom is -0.501 e.